The Labute approximate surface area is 213 Å². The number of benzene rings is 1. The molecule has 1 aliphatic rings. The molecular weight excluding hydrogens is 462 g/mol. The quantitative estimate of drug-likeness (QED) is 0.521. The molecule has 2 heterocycles. The Morgan fingerprint density at radius 2 is 1.81 bits per heavy atom. The summed E-state index contributed by atoms with van der Waals surface area (Å²) in [4.78, 5) is 33.8. The minimum Gasteiger partial charge on any atom is -0.340 e. The molecule has 3 unspecified atom stereocenters. The predicted octanol–water partition coefficient (Wildman–Crippen LogP) is 5.45. The Hall–Kier alpha value is -2.61. The van der Waals surface area contributed by atoms with Crippen molar-refractivity contribution in [2.75, 3.05) is 7.05 Å². The molecule has 3 atom stereocenters. The zero-order chi connectivity index (χ0) is 26.9. The number of hydrogen-bond donors (Lipinski definition) is 1. The number of carbonyl (C=O) groups excluding carboxylic acids is 2. The number of aromatic nitrogens is 2. The van der Waals surface area contributed by atoms with Crippen molar-refractivity contribution in [1.82, 2.24) is 19.8 Å². The lowest BCUT2D eigenvalue weighted by Gasteiger charge is -2.33. The highest BCUT2D eigenvalue weighted by Gasteiger charge is 2.37. The van der Waals surface area contributed by atoms with Crippen molar-refractivity contribution in [1.29, 1.82) is 0 Å². The second-order valence-electron chi connectivity index (χ2n) is 11.8. The van der Waals surface area contributed by atoms with E-state index in [1.54, 1.807) is 0 Å². The first kappa shape index (κ1) is 28.0. The van der Waals surface area contributed by atoms with Crippen molar-refractivity contribution in [2.45, 2.75) is 86.5 Å². The summed E-state index contributed by atoms with van der Waals surface area (Å²) in [5.74, 6) is -1.60. The molecule has 0 radical (unpaired) electrons. The fourth-order valence-electron chi connectivity index (χ4n) is 4.60. The van der Waals surface area contributed by atoms with Gasteiger partial charge in [0.1, 0.15) is 5.82 Å². The molecule has 1 aromatic heterocycles. The maximum Gasteiger partial charge on any atom is 0.272 e. The minimum atomic E-state index is -0.967. The first-order valence-corrected chi connectivity index (χ1v) is 12.8. The number of nitrogens with one attached hydrogen (secondary N) is 1. The van der Waals surface area contributed by atoms with Crippen LogP contribution in [0.1, 0.15) is 77.5 Å². The van der Waals surface area contributed by atoms with Gasteiger partial charge in [-0.15, -0.1) is 0 Å². The Balaban J connectivity index is 1.98. The van der Waals surface area contributed by atoms with Crippen LogP contribution in [-0.4, -0.2) is 45.3 Å². The van der Waals surface area contributed by atoms with Gasteiger partial charge < -0.3 is 9.88 Å². The number of likely N-dealkylation sites (N-methyl/N-ethyl adjacent to an activating group) is 1. The van der Waals surface area contributed by atoms with E-state index in [2.05, 4.69) is 36.0 Å². The van der Waals surface area contributed by atoms with Crippen molar-refractivity contribution >= 4 is 11.7 Å². The van der Waals surface area contributed by atoms with E-state index in [9.17, 15) is 18.4 Å². The summed E-state index contributed by atoms with van der Waals surface area (Å²) in [6.07, 6.45) is 1.70. The van der Waals surface area contributed by atoms with Crippen molar-refractivity contribution in [2.24, 2.45) is 17.3 Å². The molecular formula is C28H40F2N4O2. The van der Waals surface area contributed by atoms with Gasteiger partial charge in [0.15, 0.2) is 23.1 Å². The summed E-state index contributed by atoms with van der Waals surface area (Å²) in [6, 6.07) is 3.12. The summed E-state index contributed by atoms with van der Waals surface area (Å²) in [5, 5.41) is 2.99. The summed E-state index contributed by atoms with van der Waals surface area (Å²) in [6.45, 7) is 15.1. The molecule has 0 fully saturated rings. The van der Waals surface area contributed by atoms with Gasteiger partial charge >= 0.3 is 0 Å². The van der Waals surface area contributed by atoms with Crippen LogP contribution in [0.2, 0.25) is 0 Å². The lowest BCUT2D eigenvalue weighted by molar-refractivity contribution is -0.127. The highest BCUT2D eigenvalue weighted by molar-refractivity contribution is 5.98. The van der Waals surface area contributed by atoms with E-state index in [-0.39, 0.29) is 23.4 Å². The molecule has 1 aliphatic heterocycles. The SMILES string of the molecule is CC(C)CCC(C)C(=O)C(NC(=O)c1nc(-c2ccc(F)c(F)c2)n2c1CN(C)C(C)C2)C(C)(C)C. The third kappa shape index (κ3) is 6.02. The van der Waals surface area contributed by atoms with Gasteiger partial charge in [0.2, 0.25) is 0 Å². The number of carbonyl (C=O) groups is 2. The average Bonchev–Trinajstić information content (AvgIpc) is 3.14. The van der Waals surface area contributed by atoms with Gasteiger partial charge in [0.25, 0.3) is 5.91 Å². The fraction of sp³-hybridized carbons (Fsp3) is 0.607. The number of ketones is 1. The average molecular weight is 503 g/mol. The fourth-order valence-corrected chi connectivity index (χ4v) is 4.60. The van der Waals surface area contributed by atoms with E-state index < -0.39 is 29.0 Å². The van der Waals surface area contributed by atoms with Gasteiger partial charge in [0.05, 0.1) is 11.7 Å². The largest absolute Gasteiger partial charge is 0.340 e. The molecule has 1 N–H and O–H groups in total. The summed E-state index contributed by atoms with van der Waals surface area (Å²) < 4.78 is 29.5. The van der Waals surface area contributed by atoms with Crippen LogP contribution in [0.4, 0.5) is 8.78 Å². The molecule has 0 saturated carbocycles. The molecule has 2 aromatic rings. The third-order valence-electron chi connectivity index (χ3n) is 7.15. The lowest BCUT2D eigenvalue weighted by Crippen LogP contribution is -2.51. The first-order valence-electron chi connectivity index (χ1n) is 12.8. The standard InChI is InChI=1S/C28H40F2N4O2/c1-16(2)9-10-17(3)24(35)25(28(5,6)7)32-27(36)23-22-15-33(8)18(4)14-34(22)26(31-23)19-11-12-20(29)21(30)13-19/h11-13,16-18,25H,9-10,14-15H2,1-8H3,(H,32,36). The predicted molar refractivity (Wildman–Crippen MR) is 137 cm³/mol. The molecule has 198 valence electrons. The molecule has 8 heteroatoms. The number of fused-ring (bicyclic) bond motifs is 1. The number of imidazole rings is 1. The van der Waals surface area contributed by atoms with Gasteiger partial charge in [-0.25, -0.2) is 13.8 Å². The van der Waals surface area contributed by atoms with E-state index >= 15 is 0 Å². The Morgan fingerprint density at radius 1 is 1.14 bits per heavy atom. The third-order valence-corrected chi connectivity index (χ3v) is 7.15. The van der Waals surface area contributed by atoms with Gasteiger partial charge in [-0.2, -0.15) is 0 Å². The summed E-state index contributed by atoms with van der Waals surface area (Å²) in [7, 11) is 1.97. The smallest absolute Gasteiger partial charge is 0.272 e. The van der Waals surface area contributed by atoms with Crippen LogP contribution in [0.3, 0.4) is 0 Å². The summed E-state index contributed by atoms with van der Waals surface area (Å²) >= 11 is 0. The molecule has 1 aromatic carbocycles. The highest BCUT2D eigenvalue weighted by Crippen LogP contribution is 2.30. The Kier molecular flexibility index (Phi) is 8.38. The zero-order valence-corrected chi connectivity index (χ0v) is 22.8. The van der Waals surface area contributed by atoms with E-state index in [1.807, 2.05) is 39.3 Å². The molecule has 0 spiro atoms. The van der Waals surface area contributed by atoms with Gasteiger partial charge in [-0.05, 0) is 49.9 Å². The topological polar surface area (TPSA) is 67.2 Å². The van der Waals surface area contributed by atoms with Crippen molar-refractivity contribution in [3.8, 4) is 11.4 Å². The van der Waals surface area contributed by atoms with E-state index in [0.717, 1.165) is 25.0 Å². The first-order chi connectivity index (χ1) is 16.7. The number of nitrogens with zero attached hydrogens (tertiary/aromatic N) is 3. The van der Waals surface area contributed by atoms with Gasteiger partial charge in [-0.1, -0.05) is 48.0 Å². The maximum absolute atomic E-state index is 14.0. The second-order valence-corrected chi connectivity index (χ2v) is 11.8. The van der Waals surface area contributed by atoms with E-state index in [1.165, 1.54) is 6.07 Å². The molecule has 1 amide bonds. The van der Waals surface area contributed by atoms with Crippen LogP contribution >= 0.6 is 0 Å². The minimum absolute atomic E-state index is 0.0103. The molecule has 0 bridgehead atoms. The van der Waals surface area contributed by atoms with Crippen molar-refractivity contribution in [3.05, 3.63) is 41.2 Å². The van der Waals surface area contributed by atoms with Crippen LogP contribution in [0, 0.1) is 28.9 Å². The molecule has 3 rings (SSSR count). The molecule has 6 nitrogen and oxygen atoms in total. The maximum atomic E-state index is 14.0. The Morgan fingerprint density at radius 3 is 2.39 bits per heavy atom. The van der Waals surface area contributed by atoms with Crippen LogP contribution in [0.15, 0.2) is 18.2 Å². The van der Waals surface area contributed by atoms with Crippen LogP contribution < -0.4 is 5.32 Å². The van der Waals surface area contributed by atoms with E-state index in [0.29, 0.717) is 36.1 Å². The van der Waals surface area contributed by atoms with Crippen LogP contribution in [0.25, 0.3) is 11.4 Å². The van der Waals surface area contributed by atoms with Crippen molar-refractivity contribution in [3.63, 3.8) is 0 Å². The van der Waals surface area contributed by atoms with Gasteiger partial charge in [-0.3, -0.25) is 14.5 Å². The molecule has 0 saturated heterocycles. The lowest BCUT2D eigenvalue weighted by atomic mass is 9.79. The summed E-state index contributed by atoms with van der Waals surface area (Å²) in [5.41, 5.74) is 0.815. The second kappa shape index (κ2) is 10.8. The number of Topliss-reactive ketones (excluding diaryl/α,β-unsaturated/α-hetero) is 1. The number of amides is 1. The van der Waals surface area contributed by atoms with Crippen molar-refractivity contribution < 1.29 is 18.4 Å². The number of rotatable bonds is 8. The highest BCUT2D eigenvalue weighted by atomic mass is 19.2. The molecule has 0 aliphatic carbocycles. The van der Waals surface area contributed by atoms with Crippen LogP contribution in [-0.2, 0) is 17.9 Å². The normalized spacial score (nSPS) is 18.1. The van der Waals surface area contributed by atoms with Gasteiger partial charge in [0, 0.05) is 30.6 Å². The zero-order valence-electron chi connectivity index (χ0n) is 22.8. The number of halogens is 2. The Bertz CT molecular complexity index is 1120. The van der Waals surface area contributed by atoms with E-state index in [4.69, 9.17) is 0 Å². The van der Waals surface area contributed by atoms with Crippen LogP contribution in [0.5, 0.6) is 0 Å². The monoisotopic (exact) mass is 502 g/mol. The number of hydrogen-bond acceptors (Lipinski definition) is 4. The molecule has 36 heavy (non-hydrogen) atoms.